The Hall–Kier alpha value is -2.77. The van der Waals surface area contributed by atoms with Crippen molar-refractivity contribution in [2.75, 3.05) is 16.8 Å². The van der Waals surface area contributed by atoms with E-state index in [-0.39, 0.29) is 17.9 Å². The molecule has 3 amide bonds. The molecule has 0 aliphatic carbocycles. The minimum Gasteiger partial charge on any atom is -0.324 e. The molecule has 30 heavy (non-hydrogen) atoms. The third-order valence-corrected chi connectivity index (χ3v) is 7.27. The van der Waals surface area contributed by atoms with Gasteiger partial charge in [0.2, 0.25) is 17.7 Å². The highest BCUT2D eigenvalue weighted by Crippen LogP contribution is 2.60. The maximum atomic E-state index is 13.7. The van der Waals surface area contributed by atoms with Crippen LogP contribution in [0.2, 0.25) is 5.02 Å². The first-order valence-electron chi connectivity index (χ1n) is 9.96. The summed E-state index contributed by atoms with van der Waals surface area (Å²) in [5.41, 5.74) is 0.344. The van der Waals surface area contributed by atoms with Crippen molar-refractivity contribution >= 4 is 40.7 Å². The number of rotatable bonds is 1. The second kappa shape index (κ2) is 5.89. The first-order chi connectivity index (χ1) is 14.4. The van der Waals surface area contributed by atoms with Crippen LogP contribution in [-0.2, 0) is 19.9 Å². The average Bonchev–Trinajstić information content (AvgIpc) is 3.42. The number of imide groups is 1. The average molecular weight is 426 g/mol. The predicted molar refractivity (Wildman–Crippen MR) is 107 cm³/mol. The molecule has 4 aliphatic rings. The molecule has 152 valence electrons. The van der Waals surface area contributed by atoms with Crippen LogP contribution >= 0.6 is 11.6 Å². The minimum absolute atomic E-state index is 0.201. The second-order valence-corrected chi connectivity index (χ2v) is 8.74. The standard InChI is InChI=1S/C22H17ClFN3O3/c23-11-3-8-15-14(10-11)22(21(30)25-15)18-17(16-2-1-9-26(16)22)19(28)27(20(18)29)13-6-4-12(24)5-7-13/h3-8,10,16-18H,1-2,9H2,(H,25,30)/t16-,17+,18+,22-/m0/s1. The minimum atomic E-state index is -1.26. The van der Waals surface area contributed by atoms with Gasteiger partial charge in [-0.05, 0) is 61.9 Å². The Morgan fingerprint density at radius 1 is 1.07 bits per heavy atom. The van der Waals surface area contributed by atoms with E-state index in [1.54, 1.807) is 18.2 Å². The number of hydrogen-bond acceptors (Lipinski definition) is 4. The quantitative estimate of drug-likeness (QED) is 0.713. The first-order valence-corrected chi connectivity index (χ1v) is 10.3. The van der Waals surface area contributed by atoms with E-state index in [0.717, 1.165) is 17.7 Å². The van der Waals surface area contributed by atoms with Gasteiger partial charge in [-0.3, -0.25) is 19.3 Å². The van der Waals surface area contributed by atoms with Gasteiger partial charge in [0.1, 0.15) is 11.4 Å². The molecule has 0 radical (unpaired) electrons. The number of hydrogen-bond donors (Lipinski definition) is 1. The Morgan fingerprint density at radius 2 is 1.83 bits per heavy atom. The number of amides is 3. The molecule has 0 aromatic heterocycles. The van der Waals surface area contributed by atoms with Gasteiger partial charge in [0, 0.05) is 22.3 Å². The summed E-state index contributed by atoms with van der Waals surface area (Å²) in [4.78, 5) is 43.8. The van der Waals surface area contributed by atoms with Crippen molar-refractivity contribution in [3.8, 4) is 0 Å². The molecule has 0 bridgehead atoms. The number of anilines is 2. The summed E-state index contributed by atoms with van der Waals surface area (Å²) >= 11 is 6.27. The van der Waals surface area contributed by atoms with Gasteiger partial charge >= 0.3 is 0 Å². The van der Waals surface area contributed by atoms with Crippen LogP contribution in [0.3, 0.4) is 0 Å². The fraction of sp³-hybridized carbons (Fsp3) is 0.318. The lowest BCUT2D eigenvalue weighted by Gasteiger charge is -2.36. The topological polar surface area (TPSA) is 69.7 Å². The largest absolute Gasteiger partial charge is 0.324 e. The Balaban J connectivity index is 1.56. The van der Waals surface area contributed by atoms with E-state index in [9.17, 15) is 18.8 Å². The number of carbonyl (C=O) groups is 3. The zero-order chi connectivity index (χ0) is 20.8. The van der Waals surface area contributed by atoms with Crippen molar-refractivity contribution in [1.82, 2.24) is 4.90 Å². The summed E-state index contributed by atoms with van der Waals surface area (Å²) in [5, 5.41) is 3.38. The second-order valence-electron chi connectivity index (χ2n) is 8.31. The number of nitrogens with one attached hydrogen (secondary N) is 1. The van der Waals surface area contributed by atoms with Crippen molar-refractivity contribution in [3.63, 3.8) is 0 Å². The summed E-state index contributed by atoms with van der Waals surface area (Å²) in [6.45, 7) is 0.633. The maximum absolute atomic E-state index is 13.7. The molecule has 3 fully saturated rings. The highest BCUT2D eigenvalue weighted by molar-refractivity contribution is 6.31. The van der Waals surface area contributed by atoms with Crippen LogP contribution in [0.25, 0.3) is 0 Å². The van der Waals surface area contributed by atoms with Crippen LogP contribution in [0.15, 0.2) is 42.5 Å². The van der Waals surface area contributed by atoms with Gasteiger partial charge in [-0.15, -0.1) is 0 Å². The fourth-order valence-corrected chi connectivity index (χ4v) is 6.19. The summed E-state index contributed by atoms with van der Waals surface area (Å²) in [5.74, 6) is -2.96. The zero-order valence-corrected chi connectivity index (χ0v) is 16.5. The van der Waals surface area contributed by atoms with Gasteiger partial charge in [-0.25, -0.2) is 9.29 Å². The van der Waals surface area contributed by atoms with Crippen molar-refractivity contribution in [2.45, 2.75) is 24.4 Å². The predicted octanol–water partition coefficient (Wildman–Crippen LogP) is 2.91. The molecule has 0 unspecified atom stereocenters. The monoisotopic (exact) mass is 425 g/mol. The molecule has 1 spiro atoms. The van der Waals surface area contributed by atoms with Gasteiger partial charge in [-0.1, -0.05) is 11.6 Å². The van der Waals surface area contributed by atoms with Crippen LogP contribution in [0.5, 0.6) is 0 Å². The third kappa shape index (κ3) is 1.99. The smallest absolute Gasteiger partial charge is 0.250 e. The van der Waals surface area contributed by atoms with Crippen molar-refractivity contribution in [3.05, 3.63) is 58.9 Å². The van der Waals surface area contributed by atoms with E-state index >= 15 is 0 Å². The lowest BCUT2D eigenvalue weighted by molar-refractivity contribution is -0.135. The van der Waals surface area contributed by atoms with E-state index in [4.69, 9.17) is 11.6 Å². The van der Waals surface area contributed by atoms with Crippen LogP contribution in [0.1, 0.15) is 18.4 Å². The van der Waals surface area contributed by atoms with Gasteiger partial charge < -0.3 is 5.32 Å². The van der Waals surface area contributed by atoms with Crippen LogP contribution in [0, 0.1) is 17.7 Å². The van der Waals surface area contributed by atoms with Crippen LogP contribution in [-0.4, -0.2) is 35.2 Å². The Morgan fingerprint density at radius 3 is 2.60 bits per heavy atom. The van der Waals surface area contributed by atoms with Gasteiger partial charge in [-0.2, -0.15) is 0 Å². The molecule has 4 aliphatic heterocycles. The fourth-order valence-electron chi connectivity index (χ4n) is 6.02. The highest BCUT2D eigenvalue weighted by atomic mass is 35.5. The molecule has 1 N–H and O–H groups in total. The lowest BCUT2D eigenvalue weighted by Crippen LogP contribution is -2.54. The van der Waals surface area contributed by atoms with Gasteiger partial charge in [0.15, 0.2) is 0 Å². The van der Waals surface area contributed by atoms with E-state index in [1.807, 2.05) is 4.90 Å². The summed E-state index contributed by atoms with van der Waals surface area (Å²) in [6.07, 6.45) is 1.58. The normalized spacial score (nSPS) is 32.0. The van der Waals surface area contributed by atoms with Crippen molar-refractivity contribution in [1.29, 1.82) is 0 Å². The molecular weight excluding hydrogens is 409 g/mol. The SMILES string of the molecule is O=C1[C@@H]2[C@@H]3CCCN3[C@]3(C(=O)Nc4ccc(Cl)cc43)[C@H]2C(=O)N1c1ccc(F)cc1. The molecular formula is C22H17ClFN3O3. The summed E-state index contributed by atoms with van der Waals surface area (Å²) in [6, 6.07) is 10.2. The molecule has 4 heterocycles. The van der Waals surface area contributed by atoms with Gasteiger partial charge in [0.25, 0.3) is 0 Å². The zero-order valence-electron chi connectivity index (χ0n) is 15.8. The molecule has 6 nitrogen and oxygen atoms in total. The molecule has 2 aromatic rings. The molecule has 8 heteroatoms. The maximum Gasteiger partial charge on any atom is 0.250 e. The Bertz CT molecular complexity index is 1140. The van der Waals surface area contributed by atoms with E-state index in [2.05, 4.69) is 5.32 Å². The molecule has 6 rings (SSSR count). The summed E-state index contributed by atoms with van der Waals surface area (Å²) < 4.78 is 13.4. The number of fused-ring (bicyclic) bond motifs is 7. The molecule has 2 aromatic carbocycles. The number of nitrogens with zero attached hydrogens (tertiary/aromatic N) is 2. The number of benzene rings is 2. The highest BCUT2D eigenvalue weighted by Gasteiger charge is 2.74. The molecule has 4 atom stereocenters. The molecule has 3 saturated heterocycles. The van der Waals surface area contributed by atoms with Gasteiger partial charge in [0.05, 0.1) is 17.5 Å². The molecule has 0 saturated carbocycles. The van der Waals surface area contributed by atoms with E-state index in [0.29, 0.717) is 28.5 Å². The van der Waals surface area contributed by atoms with Crippen LogP contribution < -0.4 is 10.2 Å². The van der Waals surface area contributed by atoms with E-state index in [1.165, 1.54) is 24.3 Å². The van der Waals surface area contributed by atoms with Crippen molar-refractivity contribution < 1.29 is 18.8 Å². The number of carbonyl (C=O) groups excluding carboxylic acids is 3. The van der Waals surface area contributed by atoms with E-state index < -0.39 is 29.1 Å². The van der Waals surface area contributed by atoms with Crippen molar-refractivity contribution in [2.24, 2.45) is 11.8 Å². The van der Waals surface area contributed by atoms with Crippen LogP contribution in [0.4, 0.5) is 15.8 Å². The first kappa shape index (κ1) is 18.0. The lowest BCUT2D eigenvalue weighted by atomic mass is 9.75. The third-order valence-electron chi connectivity index (χ3n) is 7.04. The number of halogens is 2. The summed E-state index contributed by atoms with van der Waals surface area (Å²) in [7, 11) is 0. The Labute approximate surface area is 176 Å². The Kier molecular flexibility index (Phi) is 3.54.